The Morgan fingerprint density at radius 2 is 1.62 bits per heavy atom. The number of carbonyl (C=O) groups is 2. The Morgan fingerprint density at radius 1 is 0.949 bits per heavy atom. The highest BCUT2D eigenvalue weighted by Crippen LogP contribution is 2.27. The number of amides is 2. The molecule has 1 N–H and O–H groups in total. The number of carbonyl (C=O) groups excluding carboxylic acids is 2. The number of rotatable bonds is 10. The number of sulfonamides is 1. The van der Waals surface area contributed by atoms with E-state index in [9.17, 15) is 18.0 Å². The van der Waals surface area contributed by atoms with Crippen LogP contribution in [0.5, 0.6) is 5.75 Å². The minimum atomic E-state index is -4.13. The van der Waals surface area contributed by atoms with Gasteiger partial charge in [-0.2, -0.15) is 0 Å². The van der Waals surface area contributed by atoms with Gasteiger partial charge in [-0.15, -0.1) is 0 Å². The van der Waals surface area contributed by atoms with E-state index in [1.54, 1.807) is 49.4 Å². The fourth-order valence-electron chi connectivity index (χ4n) is 4.08. The Balaban J connectivity index is 2.05. The van der Waals surface area contributed by atoms with E-state index in [1.165, 1.54) is 24.1 Å². The van der Waals surface area contributed by atoms with E-state index >= 15 is 0 Å². The van der Waals surface area contributed by atoms with Crippen molar-refractivity contribution in [3.8, 4) is 5.75 Å². The number of benzene rings is 3. The molecule has 0 aliphatic rings. The Bertz CT molecular complexity index is 1400. The molecular weight excluding hydrogens is 514 g/mol. The monoisotopic (exact) mass is 551 g/mol. The molecular formula is C30H37N3O5S. The smallest absolute Gasteiger partial charge is 0.264 e. The summed E-state index contributed by atoms with van der Waals surface area (Å²) >= 11 is 0. The number of hydrogen-bond donors (Lipinski definition) is 1. The third-order valence-electron chi connectivity index (χ3n) is 6.05. The maximum Gasteiger partial charge on any atom is 0.264 e. The van der Waals surface area contributed by atoms with Crippen molar-refractivity contribution in [2.24, 2.45) is 0 Å². The van der Waals surface area contributed by atoms with Crippen molar-refractivity contribution in [1.82, 2.24) is 10.2 Å². The average molecular weight is 552 g/mol. The maximum atomic E-state index is 14.0. The fraction of sp³-hybridized carbons (Fsp3) is 0.333. The third-order valence-corrected chi connectivity index (χ3v) is 7.84. The quantitative estimate of drug-likeness (QED) is 0.399. The van der Waals surface area contributed by atoms with Crippen LogP contribution in [0.3, 0.4) is 0 Å². The van der Waals surface area contributed by atoms with Crippen LogP contribution in [0.1, 0.15) is 38.8 Å². The van der Waals surface area contributed by atoms with Gasteiger partial charge in [-0.25, -0.2) is 8.42 Å². The van der Waals surface area contributed by atoms with Crippen LogP contribution in [0.4, 0.5) is 5.69 Å². The van der Waals surface area contributed by atoms with Crippen molar-refractivity contribution in [3.63, 3.8) is 0 Å². The summed E-state index contributed by atoms with van der Waals surface area (Å²) in [4.78, 5) is 28.6. The number of nitrogens with zero attached hydrogens (tertiary/aromatic N) is 2. The third kappa shape index (κ3) is 7.83. The second-order valence-electron chi connectivity index (χ2n) is 10.5. The van der Waals surface area contributed by atoms with Gasteiger partial charge in [0.25, 0.3) is 10.0 Å². The van der Waals surface area contributed by atoms with E-state index < -0.39 is 34.1 Å². The molecule has 0 unspecified atom stereocenters. The maximum absolute atomic E-state index is 14.0. The van der Waals surface area contributed by atoms with Crippen molar-refractivity contribution in [2.45, 2.75) is 57.6 Å². The van der Waals surface area contributed by atoms with E-state index in [1.807, 2.05) is 52.0 Å². The van der Waals surface area contributed by atoms with Gasteiger partial charge >= 0.3 is 0 Å². The first-order chi connectivity index (χ1) is 18.3. The van der Waals surface area contributed by atoms with Gasteiger partial charge in [0.05, 0.1) is 17.7 Å². The second-order valence-corrected chi connectivity index (χ2v) is 12.3. The summed E-state index contributed by atoms with van der Waals surface area (Å²) in [5.74, 6) is -0.402. The number of methoxy groups -OCH3 is 1. The first kappa shape index (κ1) is 29.7. The first-order valence-electron chi connectivity index (χ1n) is 12.7. The minimum Gasteiger partial charge on any atom is -0.497 e. The Morgan fingerprint density at radius 3 is 2.23 bits per heavy atom. The summed E-state index contributed by atoms with van der Waals surface area (Å²) < 4.78 is 34.0. The van der Waals surface area contributed by atoms with E-state index in [2.05, 4.69) is 5.32 Å². The summed E-state index contributed by atoms with van der Waals surface area (Å²) in [7, 11) is -2.65. The molecule has 39 heavy (non-hydrogen) atoms. The molecule has 0 spiro atoms. The van der Waals surface area contributed by atoms with Crippen LogP contribution in [0.2, 0.25) is 0 Å². The van der Waals surface area contributed by atoms with Gasteiger partial charge in [0.2, 0.25) is 11.8 Å². The molecule has 0 radical (unpaired) electrons. The van der Waals surface area contributed by atoms with Gasteiger partial charge in [-0.1, -0.05) is 54.1 Å². The zero-order valence-corrected chi connectivity index (χ0v) is 24.2. The molecule has 0 aromatic heterocycles. The molecule has 0 fully saturated rings. The van der Waals surface area contributed by atoms with Gasteiger partial charge in [0.15, 0.2) is 0 Å². The zero-order chi connectivity index (χ0) is 28.8. The lowest BCUT2D eigenvalue weighted by Gasteiger charge is -2.33. The molecule has 2 amide bonds. The lowest BCUT2D eigenvalue weighted by atomic mass is 10.1. The summed E-state index contributed by atoms with van der Waals surface area (Å²) in [6.07, 6.45) is 0. The number of nitrogens with one attached hydrogen (secondary N) is 1. The van der Waals surface area contributed by atoms with Gasteiger partial charge in [0, 0.05) is 18.2 Å². The van der Waals surface area contributed by atoms with E-state index in [0.717, 1.165) is 15.4 Å². The highest BCUT2D eigenvalue weighted by atomic mass is 32.2. The zero-order valence-electron chi connectivity index (χ0n) is 23.3. The number of ether oxygens (including phenoxy) is 1. The van der Waals surface area contributed by atoms with Crippen LogP contribution >= 0.6 is 0 Å². The van der Waals surface area contributed by atoms with Crippen LogP contribution in [-0.2, 0) is 26.2 Å². The molecule has 0 heterocycles. The van der Waals surface area contributed by atoms with Crippen LogP contribution in [0.15, 0.2) is 83.8 Å². The highest BCUT2D eigenvalue weighted by molar-refractivity contribution is 7.92. The summed E-state index contributed by atoms with van der Waals surface area (Å²) in [5, 5.41) is 2.93. The van der Waals surface area contributed by atoms with Crippen molar-refractivity contribution >= 4 is 27.5 Å². The molecule has 0 bridgehead atoms. The van der Waals surface area contributed by atoms with Gasteiger partial charge < -0.3 is 15.0 Å². The number of aryl methyl sites for hydroxylation is 1. The predicted molar refractivity (Wildman–Crippen MR) is 153 cm³/mol. The highest BCUT2D eigenvalue weighted by Gasteiger charge is 2.33. The van der Waals surface area contributed by atoms with Gasteiger partial charge in [-0.3, -0.25) is 13.9 Å². The molecule has 208 valence electrons. The summed E-state index contributed by atoms with van der Waals surface area (Å²) in [5.41, 5.74) is 1.61. The minimum absolute atomic E-state index is 0.0457. The number of hydrogen-bond acceptors (Lipinski definition) is 5. The molecule has 3 rings (SSSR count). The molecule has 0 aliphatic carbocycles. The van der Waals surface area contributed by atoms with Gasteiger partial charge in [0.1, 0.15) is 18.3 Å². The summed E-state index contributed by atoms with van der Waals surface area (Å²) in [6.45, 7) is 8.81. The van der Waals surface area contributed by atoms with Crippen molar-refractivity contribution in [3.05, 3.63) is 90.0 Å². The second kappa shape index (κ2) is 12.3. The topological polar surface area (TPSA) is 96.0 Å². The summed E-state index contributed by atoms with van der Waals surface area (Å²) in [6, 6.07) is 21.3. The largest absolute Gasteiger partial charge is 0.497 e. The molecule has 8 nitrogen and oxygen atoms in total. The van der Waals surface area contributed by atoms with Crippen LogP contribution in [0, 0.1) is 6.92 Å². The number of anilines is 1. The predicted octanol–water partition coefficient (Wildman–Crippen LogP) is 4.53. The van der Waals surface area contributed by atoms with E-state index in [0.29, 0.717) is 5.75 Å². The fourth-order valence-corrected chi connectivity index (χ4v) is 5.50. The average Bonchev–Trinajstić information content (AvgIpc) is 2.89. The SMILES string of the molecule is COc1cccc(N(CC(=O)N(Cc2cccc(C)c2)[C@@H](C)C(=O)NC(C)(C)C)S(=O)(=O)c2ccccc2)c1. The Hall–Kier alpha value is -3.85. The Kier molecular flexibility index (Phi) is 9.40. The lowest BCUT2D eigenvalue weighted by Crippen LogP contribution is -2.54. The van der Waals surface area contributed by atoms with E-state index in [4.69, 9.17) is 4.74 Å². The Labute approximate surface area is 231 Å². The van der Waals surface area contributed by atoms with Crippen LogP contribution in [-0.4, -0.2) is 50.4 Å². The molecule has 0 saturated heterocycles. The molecule has 3 aromatic carbocycles. The van der Waals surface area contributed by atoms with Crippen molar-refractivity contribution in [1.29, 1.82) is 0 Å². The molecule has 1 atom stereocenters. The van der Waals surface area contributed by atoms with Crippen molar-refractivity contribution in [2.75, 3.05) is 18.0 Å². The van der Waals surface area contributed by atoms with E-state index in [-0.39, 0.29) is 23.0 Å². The lowest BCUT2D eigenvalue weighted by molar-refractivity contribution is -0.140. The molecule has 3 aromatic rings. The molecule has 9 heteroatoms. The first-order valence-corrected chi connectivity index (χ1v) is 14.1. The van der Waals surface area contributed by atoms with Crippen molar-refractivity contribution < 1.29 is 22.7 Å². The van der Waals surface area contributed by atoms with Crippen LogP contribution < -0.4 is 14.4 Å². The standard InChI is InChI=1S/C30H37N3O5S/c1-22-12-10-13-24(18-22)20-32(23(2)29(35)31-30(3,4)5)28(34)21-33(25-14-11-15-26(19-25)38-6)39(36,37)27-16-8-7-9-17-27/h7-19,23H,20-21H2,1-6H3,(H,31,35)/t23-/m0/s1. The molecule has 0 aliphatic heterocycles. The van der Waals surface area contributed by atoms with Gasteiger partial charge in [-0.05, 0) is 64.4 Å². The molecule has 0 saturated carbocycles. The van der Waals surface area contributed by atoms with Crippen LogP contribution in [0.25, 0.3) is 0 Å². The normalized spacial score (nSPS) is 12.4.